The van der Waals surface area contributed by atoms with Crippen LogP contribution in [0.15, 0.2) is 12.1 Å². The third kappa shape index (κ3) is 2.26. The molecule has 3 aliphatic rings. The summed E-state index contributed by atoms with van der Waals surface area (Å²) < 4.78 is 0. The van der Waals surface area contributed by atoms with Crippen LogP contribution in [0.4, 0.5) is 0 Å². The number of fused-ring (bicyclic) bond motifs is 5. The molecule has 0 heterocycles. The van der Waals surface area contributed by atoms with Crippen molar-refractivity contribution in [1.29, 1.82) is 5.26 Å². The maximum absolute atomic E-state index is 13.0. The monoisotopic (exact) mass is 351 g/mol. The van der Waals surface area contributed by atoms with Gasteiger partial charge >= 0.3 is 5.97 Å². The van der Waals surface area contributed by atoms with Crippen molar-refractivity contribution in [2.45, 2.75) is 58.3 Å². The molecule has 2 saturated carbocycles. The summed E-state index contributed by atoms with van der Waals surface area (Å²) in [6.07, 6.45) is 5.04. The molecule has 0 spiro atoms. The second-order valence-electron chi connectivity index (χ2n) is 8.62. The minimum atomic E-state index is -0.953. The number of nitrogens with zero attached hydrogens (tertiary/aromatic N) is 1. The Morgan fingerprint density at radius 2 is 2.04 bits per heavy atom. The zero-order valence-electron chi connectivity index (χ0n) is 15.4. The number of Topliss-reactive ketones (excluding diaryl/α,β-unsaturated/α-hetero) is 1. The number of nitriles is 1. The summed E-state index contributed by atoms with van der Waals surface area (Å²) >= 11 is 0. The van der Waals surface area contributed by atoms with Gasteiger partial charge in [-0.1, -0.05) is 13.0 Å². The summed E-state index contributed by atoms with van der Waals surface area (Å²) in [6, 6.07) is 6.36. The molecule has 26 heavy (non-hydrogen) atoms. The normalized spacial score (nSPS) is 35.7. The van der Waals surface area contributed by atoms with Crippen LogP contribution in [0.2, 0.25) is 0 Å². The predicted octanol–water partition coefficient (Wildman–Crippen LogP) is 3.99. The summed E-state index contributed by atoms with van der Waals surface area (Å²) in [5.74, 6) is -0.630. The zero-order chi connectivity index (χ0) is 18.6. The van der Waals surface area contributed by atoms with Gasteiger partial charge in [0.1, 0.15) is 5.92 Å². The number of rotatable bonds is 1. The Hall–Kier alpha value is -2.15. The van der Waals surface area contributed by atoms with Crippen molar-refractivity contribution in [3.05, 3.63) is 34.4 Å². The minimum Gasteiger partial charge on any atom is -0.481 e. The topological polar surface area (TPSA) is 78.2 Å². The Labute approximate surface area is 154 Å². The van der Waals surface area contributed by atoms with E-state index in [1.54, 1.807) is 0 Å². The molecule has 4 nitrogen and oxygen atoms in total. The van der Waals surface area contributed by atoms with Gasteiger partial charge in [0.15, 0.2) is 5.78 Å². The quantitative estimate of drug-likeness (QED) is 0.776. The van der Waals surface area contributed by atoms with E-state index in [0.29, 0.717) is 18.3 Å². The highest BCUT2D eigenvalue weighted by Crippen LogP contribution is 2.59. The molecule has 4 unspecified atom stereocenters. The molecule has 0 bridgehead atoms. The predicted molar refractivity (Wildman–Crippen MR) is 96.6 cm³/mol. The van der Waals surface area contributed by atoms with Crippen molar-refractivity contribution >= 4 is 11.8 Å². The summed E-state index contributed by atoms with van der Waals surface area (Å²) in [4.78, 5) is 24.4. The Morgan fingerprint density at radius 3 is 2.73 bits per heavy atom. The lowest BCUT2D eigenvalue weighted by Crippen LogP contribution is -2.53. The summed E-state index contributed by atoms with van der Waals surface area (Å²) in [5.41, 5.74) is 4.09. The fourth-order valence-corrected chi connectivity index (χ4v) is 6.23. The van der Waals surface area contributed by atoms with Gasteiger partial charge in [0.05, 0.1) is 11.6 Å². The van der Waals surface area contributed by atoms with Crippen LogP contribution in [0.5, 0.6) is 0 Å². The van der Waals surface area contributed by atoms with Crippen molar-refractivity contribution in [2.75, 3.05) is 0 Å². The first-order chi connectivity index (χ1) is 12.4. The van der Waals surface area contributed by atoms with E-state index < -0.39 is 17.3 Å². The lowest BCUT2D eigenvalue weighted by Gasteiger charge is -2.54. The number of benzene rings is 1. The maximum Gasteiger partial charge on any atom is 0.314 e. The molecule has 0 aromatic heterocycles. The molecule has 0 aliphatic heterocycles. The van der Waals surface area contributed by atoms with Gasteiger partial charge in [-0.25, -0.2) is 0 Å². The minimum absolute atomic E-state index is 0.0403. The third-order valence-corrected chi connectivity index (χ3v) is 7.65. The van der Waals surface area contributed by atoms with E-state index in [1.807, 2.05) is 19.9 Å². The Balaban J connectivity index is 1.70. The molecule has 5 atom stereocenters. The summed E-state index contributed by atoms with van der Waals surface area (Å²) in [7, 11) is 0. The first-order valence-electron chi connectivity index (χ1n) is 9.68. The second kappa shape index (κ2) is 5.94. The molecule has 2 fully saturated rings. The average Bonchev–Trinajstić information content (AvgIpc) is 2.62. The van der Waals surface area contributed by atoms with E-state index in [2.05, 4.69) is 12.1 Å². The van der Waals surface area contributed by atoms with Crippen molar-refractivity contribution in [2.24, 2.45) is 23.2 Å². The van der Waals surface area contributed by atoms with Crippen molar-refractivity contribution in [1.82, 2.24) is 0 Å². The Bertz CT molecular complexity index is 837. The van der Waals surface area contributed by atoms with Crippen LogP contribution in [0, 0.1) is 41.4 Å². The van der Waals surface area contributed by atoms with Crippen molar-refractivity contribution in [3.63, 3.8) is 0 Å². The SMILES string of the molecule is Cc1c(C#N)ccc2c1CCC1C2CC[C@]2(C)C(=O)C(C(=O)O)CCC12. The van der Waals surface area contributed by atoms with Crippen LogP contribution >= 0.6 is 0 Å². The molecule has 1 N–H and O–H groups in total. The molecule has 4 heteroatoms. The highest BCUT2D eigenvalue weighted by Gasteiger charge is 2.56. The van der Waals surface area contributed by atoms with Crippen LogP contribution in [-0.4, -0.2) is 16.9 Å². The number of carbonyl (C=O) groups is 2. The van der Waals surface area contributed by atoms with Crippen LogP contribution in [0.3, 0.4) is 0 Å². The third-order valence-electron chi connectivity index (χ3n) is 7.65. The van der Waals surface area contributed by atoms with Gasteiger partial charge in [-0.15, -0.1) is 0 Å². The number of aliphatic carboxylic acids is 1. The number of ketones is 1. The fourth-order valence-electron chi connectivity index (χ4n) is 6.23. The van der Waals surface area contributed by atoms with Crippen LogP contribution < -0.4 is 0 Å². The number of carbonyl (C=O) groups excluding carboxylic acids is 1. The van der Waals surface area contributed by atoms with Gasteiger partial charge in [-0.2, -0.15) is 5.26 Å². The standard InChI is InChI=1S/C22H25NO3/c1-12-13(11-23)3-4-15-14(12)5-6-17-16(15)9-10-22(2)19(17)8-7-18(20(22)24)21(25)26/h3-4,16-19H,5-10H2,1-2H3,(H,25,26)/t16?,17?,18?,19?,22-/m0/s1. The lowest BCUT2D eigenvalue weighted by molar-refractivity contribution is -0.158. The molecule has 0 saturated heterocycles. The van der Waals surface area contributed by atoms with Gasteiger partial charge in [-0.3, -0.25) is 9.59 Å². The molecular formula is C22H25NO3. The van der Waals surface area contributed by atoms with E-state index in [-0.39, 0.29) is 11.7 Å². The maximum atomic E-state index is 13.0. The van der Waals surface area contributed by atoms with Crippen LogP contribution in [-0.2, 0) is 16.0 Å². The average molecular weight is 351 g/mol. The van der Waals surface area contributed by atoms with Gasteiger partial charge in [0, 0.05) is 5.41 Å². The molecule has 1 aromatic carbocycles. The van der Waals surface area contributed by atoms with E-state index >= 15 is 0 Å². The molecule has 136 valence electrons. The molecule has 0 radical (unpaired) electrons. The molecule has 0 amide bonds. The molecular weight excluding hydrogens is 326 g/mol. The van der Waals surface area contributed by atoms with E-state index in [1.165, 1.54) is 11.1 Å². The van der Waals surface area contributed by atoms with Gasteiger partial charge in [0.25, 0.3) is 0 Å². The number of carboxylic acid groups (broad SMARTS) is 1. The Morgan fingerprint density at radius 1 is 1.27 bits per heavy atom. The number of hydrogen-bond acceptors (Lipinski definition) is 3. The highest BCUT2D eigenvalue weighted by atomic mass is 16.4. The Kier molecular flexibility index (Phi) is 3.95. The zero-order valence-corrected chi connectivity index (χ0v) is 15.4. The van der Waals surface area contributed by atoms with Crippen molar-refractivity contribution in [3.8, 4) is 6.07 Å². The second-order valence-corrected chi connectivity index (χ2v) is 8.62. The summed E-state index contributed by atoms with van der Waals surface area (Å²) in [5, 5.41) is 18.7. The largest absolute Gasteiger partial charge is 0.481 e. The van der Waals surface area contributed by atoms with Gasteiger partial charge in [-0.05, 0) is 86.0 Å². The fraction of sp³-hybridized carbons (Fsp3) is 0.591. The van der Waals surface area contributed by atoms with Crippen LogP contribution in [0.1, 0.15) is 67.2 Å². The van der Waals surface area contributed by atoms with E-state index in [9.17, 15) is 20.0 Å². The molecule has 3 aliphatic carbocycles. The van der Waals surface area contributed by atoms with Gasteiger partial charge < -0.3 is 5.11 Å². The number of hydrogen-bond donors (Lipinski definition) is 1. The first kappa shape index (κ1) is 17.3. The highest BCUT2D eigenvalue weighted by molar-refractivity contribution is 6.02. The first-order valence-corrected chi connectivity index (χ1v) is 9.68. The van der Waals surface area contributed by atoms with Crippen molar-refractivity contribution < 1.29 is 14.7 Å². The van der Waals surface area contributed by atoms with Gasteiger partial charge in [0.2, 0.25) is 0 Å². The lowest BCUT2D eigenvalue weighted by atomic mass is 9.49. The number of carboxylic acids is 1. The summed E-state index contributed by atoms with van der Waals surface area (Å²) in [6.45, 7) is 4.07. The molecule has 1 aromatic rings. The van der Waals surface area contributed by atoms with E-state index in [0.717, 1.165) is 43.2 Å². The molecule has 4 rings (SSSR count). The van der Waals surface area contributed by atoms with E-state index in [4.69, 9.17) is 0 Å². The smallest absolute Gasteiger partial charge is 0.314 e. The van der Waals surface area contributed by atoms with Crippen LogP contribution in [0.25, 0.3) is 0 Å².